The molecule has 4 rings (SSSR count). The van der Waals surface area contributed by atoms with Crippen LogP contribution in [0, 0.1) is 0 Å². The second-order valence-corrected chi connectivity index (χ2v) is 8.07. The van der Waals surface area contributed by atoms with Gasteiger partial charge in [0.2, 0.25) is 5.91 Å². The number of aromatic nitrogens is 4. The van der Waals surface area contributed by atoms with Gasteiger partial charge in [-0.1, -0.05) is 60.7 Å². The summed E-state index contributed by atoms with van der Waals surface area (Å²) in [7, 11) is 2.96. The fourth-order valence-corrected chi connectivity index (χ4v) is 3.99. The first-order valence-electron chi connectivity index (χ1n) is 10.6. The molecule has 2 aromatic heterocycles. The third kappa shape index (κ3) is 4.63. The van der Waals surface area contributed by atoms with Crippen LogP contribution in [-0.4, -0.2) is 29.5 Å². The van der Waals surface area contributed by atoms with Crippen LogP contribution in [0.2, 0.25) is 0 Å². The summed E-state index contributed by atoms with van der Waals surface area (Å²) in [5, 5.41) is 0. The van der Waals surface area contributed by atoms with Crippen LogP contribution < -0.4 is 17.0 Å². The van der Waals surface area contributed by atoms with Crippen LogP contribution in [0.15, 0.2) is 70.3 Å². The van der Waals surface area contributed by atoms with Crippen LogP contribution >= 0.6 is 0 Å². The molecule has 0 saturated heterocycles. The lowest BCUT2D eigenvalue weighted by Gasteiger charge is -2.22. The molecular weight excluding hydrogens is 420 g/mol. The monoisotopic (exact) mass is 446 g/mol. The summed E-state index contributed by atoms with van der Waals surface area (Å²) in [5.74, 6) is -0.0990. The maximum atomic E-state index is 12.9. The number of benzene rings is 2. The molecular formula is C24H26N6O3. The lowest BCUT2D eigenvalue weighted by molar-refractivity contribution is -0.118. The quantitative estimate of drug-likeness (QED) is 0.436. The summed E-state index contributed by atoms with van der Waals surface area (Å²) in [4.78, 5) is 44.0. The number of hydrogen-bond acceptors (Lipinski definition) is 5. The van der Waals surface area contributed by atoms with Crippen molar-refractivity contribution in [3.05, 3.63) is 98.5 Å². The first kappa shape index (κ1) is 22.2. The third-order valence-electron chi connectivity index (χ3n) is 5.60. The van der Waals surface area contributed by atoms with Crippen molar-refractivity contribution in [2.24, 2.45) is 19.8 Å². The van der Waals surface area contributed by atoms with Gasteiger partial charge in [0.1, 0.15) is 12.4 Å². The van der Waals surface area contributed by atoms with Crippen molar-refractivity contribution in [1.29, 1.82) is 0 Å². The number of nitrogens with zero attached hydrogens (tertiary/aromatic N) is 5. The number of hydrogen-bond donors (Lipinski definition) is 1. The van der Waals surface area contributed by atoms with Gasteiger partial charge in [-0.15, -0.1) is 0 Å². The van der Waals surface area contributed by atoms with Crippen LogP contribution in [0.1, 0.15) is 17.0 Å². The van der Waals surface area contributed by atoms with Gasteiger partial charge in [0.25, 0.3) is 5.56 Å². The molecule has 170 valence electrons. The average molecular weight is 447 g/mol. The molecule has 4 aromatic rings. The lowest BCUT2D eigenvalue weighted by Crippen LogP contribution is -2.38. The number of carbonyl (C=O) groups is 1. The van der Waals surface area contributed by atoms with E-state index >= 15 is 0 Å². The standard InChI is InChI=1S/C24H26N6O3/c1-27-22-21(23(32)28(2)24(27)33)30(15-19(25)31)20(26-22)16-29(13-17-9-5-3-6-10-17)14-18-11-7-4-8-12-18/h3-12H,13-16H2,1-2H3,(H2,25,31). The van der Waals surface area contributed by atoms with E-state index < -0.39 is 17.2 Å². The van der Waals surface area contributed by atoms with Gasteiger partial charge in [-0.05, 0) is 11.1 Å². The molecule has 0 aliphatic carbocycles. The van der Waals surface area contributed by atoms with Gasteiger partial charge in [-0.3, -0.25) is 23.6 Å². The van der Waals surface area contributed by atoms with Crippen molar-refractivity contribution < 1.29 is 4.79 Å². The molecule has 0 fully saturated rings. The molecule has 0 radical (unpaired) electrons. The third-order valence-corrected chi connectivity index (χ3v) is 5.60. The van der Waals surface area contributed by atoms with Gasteiger partial charge in [0.15, 0.2) is 11.2 Å². The zero-order valence-corrected chi connectivity index (χ0v) is 18.6. The van der Waals surface area contributed by atoms with Crippen LogP contribution in [0.25, 0.3) is 11.2 Å². The molecule has 9 heteroatoms. The molecule has 0 atom stereocenters. The number of primary amides is 1. The van der Waals surface area contributed by atoms with E-state index in [1.807, 2.05) is 60.7 Å². The van der Waals surface area contributed by atoms with Crippen molar-refractivity contribution >= 4 is 17.1 Å². The van der Waals surface area contributed by atoms with Gasteiger partial charge in [0, 0.05) is 27.2 Å². The molecule has 0 aliphatic heterocycles. The number of nitrogens with two attached hydrogens (primary N) is 1. The Bertz CT molecular complexity index is 1360. The van der Waals surface area contributed by atoms with Crippen molar-refractivity contribution in [3.8, 4) is 0 Å². The molecule has 2 N–H and O–H groups in total. The predicted octanol–water partition coefficient (Wildman–Crippen LogP) is 1.12. The Kier molecular flexibility index (Phi) is 6.23. The maximum absolute atomic E-state index is 12.9. The van der Waals surface area contributed by atoms with Crippen molar-refractivity contribution in [3.63, 3.8) is 0 Å². The Morgan fingerprint density at radius 3 is 1.94 bits per heavy atom. The first-order valence-corrected chi connectivity index (χ1v) is 10.6. The molecule has 0 bridgehead atoms. The maximum Gasteiger partial charge on any atom is 0.332 e. The number of amides is 1. The van der Waals surface area contributed by atoms with Crippen LogP contribution in [0.5, 0.6) is 0 Å². The van der Waals surface area contributed by atoms with E-state index in [4.69, 9.17) is 5.73 Å². The van der Waals surface area contributed by atoms with Crippen LogP contribution in [0.3, 0.4) is 0 Å². The first-order chi connectivity index (χ1) is 15.8. The Balaban J connectivity index is 1.81. The predicted molar refractivity (Wildman–Crippen MR) is 125 cm³/mol. The summed E-state index contributed by atoms with van der Waals surface area (Å²) < 4.78 is 3.86. The van der Waals surface area contributed by atoms with Gasteiger partial charge in [-0.2, -0.15) is 0 Å². The highest BCUT2D eigenvalue weighted by Gasteiger charge is 2.22. The minimum absolute atomic E-state index is 0.188. The minimum Gasteiger partial charge on any atom is -0.368 e. The topological polar surface area (TPSA) is 108 Å². The van der Waals surface area contributed by atoms with E-state index in [0.717, 1.165) is 15.7 Å². The van der Waals surface area contributed by atoms with E-state index in [9.17, 15) is 14.4 Å². The fourth-order valence-electron chi connectivity index (χ4n) is 3.99. The molecule has 33 heavy (non-hydrogen) atoms. The van der Waals surface area contributed by atoms with Gasteiger partial charge in [0.05, 0.1) is 6.54 Å². The highest BCUT2D eigenvalue weighted by Crippen LogP contribution is 2.17. The summed E-state index contributed by atoms with van der Waals surface area (Å²) in [5.41, 5.74) is 7.17. The number of imidazole rings is 1. The molecule has 2 aromatic carbocycles. The molecule has 0 unspecified atom stereocenters. The number of rotatable bonds is 8. The zero-order valence-electron chi connectivity index (χ0n) is 18.6. The van der Waals surface area contributed by atoms with Gasteiger partial charge < -0.3 is 10.3 Å². The average Bonchev–Trinajstić information content (AvgIpc) is 3.15. The van der Waals surface area contributed by atoms with Crippen LogP contribution in [-0.2, 0) is 45.1 Å². The van der Waals surface area contributed by atoms with E-state index in [0.29, 0.717) is 25.5 Å². The number of carbonyl (C=O) groups excluding carboxylic acids is 1. The molecule has 2 heterocycles. The Morgan fingerprint density at radius 2 is 1.42 bits per heavy atom. The molecule has 0 aliphatic rings. The molecule has 1 amide bonds. The largest absolute Gasteiger partial charge is 0.368 e. The molecule has 0 spiro atoms. The molecule has 9 nitrogen and oxygen atoms in total. The smallest absolute Gasteiger partial charge is 0.332 e. The van der Waals surface area contributed by atoms with E-state index in [1.54, 1.807) is 7.05 Å². The minimum atomic E-state index is -0.593. The highest BCUT2D eigenvalue weighted by molar-refractivity contribution is 5.78. The van der Waals surface area contributed by atoms with Crippen LogP contribution in [0.4, 0.5) is 0 Å². The number of aryl methyl sites for hydroxylation is 1. The summed E-state index contributed by atoms with van der Waals surface area (Å²) in [6.45, 7) is 1.41. The molecule has 0 saturated carbocycles. The summed E-state index contributed by atoms with van der Waals surface area (Å²) in [6, 6.07) is 20.0. The normalized spacial score (nSPS) is 11.4. The number of fused-ring (bicyclic) bond motifs is 1. The lowest BCUT2D eigenvalue weighted by atomic mass is 10.1. The van der Waals surface area contributed by atoms with Gasteiger partial charge >= 0.3 is 5.69 Å². The Hall–Kier alpha value is -3.98. The Morgan fingerprint density at radius 1 is 0.879 bits per heavy atom. The second-order valence-electron chi connectivity index (χ2n) is 8.07. The fraction of sp³-hybridized carbons (Fsp3) is 0.250. The van der Waals surface area contributed by atoms with Crippen molar-refractivity contribution in [1.82, 2.24) is 23.6 Å². The SMILES string of the molecule is Cn1c(=O)c2c(nc(CN(Cc3ccccc3)Cc3ccccc3)n2CC(N)=O)n(C)c1=O. The highest BCUT2D eigenvalue weighted by atomic mass is 16.2. The summed E-state index contributed by atoms with van der Waals surface area (Å²) >= 11 is 0. The second kappa shape index (κ2) is 9.25. The van der Waals surface area contributed by atoms with E-state index in [1.165, 1.54) is 16.2 Å². The summed E-state index contributed by atoms with van der Waals surface area (Å²) in [6.07, 6.45) is 0. The Labute approximate surface area is 190 Å². The van der Waals surface area contributed by atoms with E-state index in [2.05, 4.69) is 9.88 Å². The van der Waals surface area contributed by atoms with Gasteiger partial charge in [-0.25, -0.2) is 9.78 Å². The van der Waals surface area contributed by atoms with Crippen molar-refractivity contribution in [2.75, 3.05) is 0 Å². The van der Waals surface area contributed by atoms with Crippen molar-refractivity contribution in [2.45, 2.75) is 26.2 Å². The zero-order chi connectivity index (χ0) is 23.5. The van der Waals surface area contributed by atoms with E-state index in [-0.39, 0.29) is 17.7 Å².